The minimum Gasteiger partial charge on any atom is -0.319 e. The number of hydrogen-bond donors (Lipinski definition) is 1. The van der Waals surface area contributed by atoms with E-state index in [4.69, 9.17) is 0 Å². The lowest BCUT2D eigenvalue weighted by Crippen LogP contribution is -2.11. The van der Waals surface area contributed by atoms with E-state index in [1.165, 1.54) is 16.7 Å². The summed E-state index contributed by atoms with van der Waals surface area (Å²) >= 11 is 0. The molecule has 0 aliphatic rings. The predicted molar refractivity (Wildman–Crippen MR) is 69.5 cm³/mol. The molecule has 15 heavy (non-hydrogen) atoms. The summed E-state index contributed by atoms with van der Waals surface area (Å²) in [5.74, 6) is 0. The van der Waals surface area contributed by atoms with E-state index in [-0.39, 0.29) is 0 Å². The van der Waals surface area contributed by atoms with E-state index >= 15 is 0 Å². The Kier molecular flexibility index (Phi) is 8.02. The highest BCUT2D eigenvalue weighted by atomic mass is 14.8. The van der Waals surface area contributed by atoms with Crippen molar-refractivity contribution in [2.45, 2.75) is 40.5 Å². The highest BCUT2D eigenvalue weighted by Crippen LogP contribution is 2.11. The van der Waals surface area contributed by atoms with Crippen LogP contribution in [-0.4, -0.2) is 13.6 Å². The monoisotopic (exact) mass is 207 g/mol. The molecule has 1 rings (SSSR count). The molecule has 0 fully saturated rings. The zero-order valence-electron chi connectivity index (χ0n) is 10.9. The molecule has 0 atom stereocenters. The van der Waals surface area contributed by atoms with Crippen LogP contribution in [0.2, 0.25) is 0 Å². The molecule has 1 N–H and O–H groups in total. The molecule has 0 saturated heterocycles. The van der Waals surface area contributed by atoms with Crippen molar-refractivity contribution in [1.29, 1.82) is 0 Å². The molecule has 0 bridgehead atoms. The van der Waals surface area contributed by atoms with Crippen LogP contribution in [0.3, 0.4) is 0 Å². The summed E-state index contributed by atoms with van der Waals surface area (Å²) in [5, 5.41) is 3.18. The second-order valence-corrected chi connectivity index (χ2v) is 3.47. The molecule has 0 aliphatic carbocycles. The van der Waals surface area contributed by atoms with Gasteiger partial charge in [-0.15, -0.1) is 0 Å². The van der Waals surface area contributed by atoms with Crippen LogP contribution in [0.15, 0.2) is 18.2 Å². The Labute approximate surface area is 94.9 Å². The second-order valence-electron chi connectivity index (χ2n) is 3.47. The molecule has 0 aromatic heterocycles. The molecule has 0 spiro atoms. The van der Waals surface area contributed by atoms with Crippen molar-refractivity contribution < 1.29 is 0 Å². The van der Waals surface area contributed by atoms with Crippen LogP contribution >= 0.6 is 0 Å². The number of aryl methyl sites for hydroxylation is 2. The van der Waals surface area contributed by atoms with Gasteiger partial charge < -0.3 is 5.32 Å². The fourth-order valence-corrected chi connectivity index (χ4v) is 1.47. The predicted octanol–water partition coefficient (Wildman–Crippen LogP) is 3.35. The molecule has 0 aliphatic heterocycles. The van der Waals surface area contributed by atoms with Gasteiger partial charge >= 0.3 is 0 Å². The fourth-order valence-electron chi connectivity index (χ4n) is 1.47. The van der Waals surface area contributed by atoms with Gasteiger partial charge in [0.1, 0.15) is 0 Å². The zero-order chi connectivity index (χ0) is 11.7. The average molecular weight is 207 g/mol. The highest BCUT2D eigenvalue weighted by Gasteiger charge is 1.98. The third kappa shape index (κ3) is 4.98. The minimum atomic E-state index is 1.06. The van der Waals surface area contributed by atoms with Crippen LogP contribution in [0.1, 0.15) is 37.5 Å². The van der Waals surface area contributed by atoms with Crippen molar-refractivity contribution in [3.8, 4) is 0 Å². The van der Waals surface area contributed by atoms with E-state index in [0.717, 1.165) is 19.4 Å². The van der Waals surface area contributed by atoms with Gasteiger partial charge in [0.25, 0.3) is 0 Å². The average Bonchev–Trinajstić information content (AvgIpc) is 2.31. The maximum atomic E-state index is 3.18. The van der Waals surface area contributed by atoms with E-state index < -0.39 is 0 Å². The van der Waals surface area contributed by atoms with Gasteiger partial charge in [-0.1, -0.05) is 39.0 Å². The topological polar surface area (TPSA) is 12.0 Å². The van der Waals surface area contributed by atoms with E-state index in [0.29, 0.717) is 0 Å². The van der Waals surface area contributed by atoms with Crippen LogP contribution in [0.25, 0.3) is 0 Å². The molecule has 1 heteroatoms. The van der Waals surface area contributed by atoms with Gasteiger partial charge in [0, 0.05) is 0 Å². The zero-order valence-corrected chi connectivity index (χ0v) is 10.9. The van der Waals surface area contributed by atoms with Crippen LogP contribution in [0.4, 0.5) is 0 Å². The first kappa shape index (κ1) is 14.2. The number of rotatable bonds is 4. The number of benzene rings is 1. The van der Waals surface area contributed by atoms with Crippen LogP contribution in [0.5, 0.6) is 0 Å². The Morgan fingerprint density at radius 3 is 2.40 bits per heavy atom. The summed E-state index contributed by atoms with van der Waals surface area (Å²) in [7, 11) is 2.00. The maximum Gasteiger partial charge on any atom is -0.00113 e. The first-order valence-corrected chi connectivity index (χ1v) is 6.01. The fraction of sp³-hybridized carbons (Fsp3) is 0.571. The van der Waals surface area contributed by atoms with Gasteiger partial charge in [-0.2, -0.15) is 0 Å². The minimum absolute atomic E-state index is 1.06. The van der Waals surface area contributed by atoms with E-state index in [2.05, 4.69) is 37.4 Å². The van der Waals surface area contributed by atoms with Crippen molar-refractivity contribution in [3.63, 3.8) is 0 Å². The molecule has 0 amide bonds. The first-order valence-electron chi connectivity index (χ1n) is 6.01. The maximum absolute atomic E-state index is 3.18. The summed E-state index contributed by atoms with van der Waals surface area (Å²) in [4.78, 5) is 0. The van der Waals surface area contributed by atoms with E-state index in [1.807, 2.05) is 20.9 Å². The molecule has 0 saturated carbocycles. The molecule has 0 radical (unpaired) electrons. The summed E-state index contributed by atoms with van der Waals surface area (Å²) in [6, 6.07) is 6.77. The van der Waals surface area contributed by atoms with Gasteiger partial charge in [0.05, 0.1) is 0 Å². The van der Waals surface area contributed by atoms with Crippen LogP contribution in [-0.2, 0) is 12.8 Å². The standard InChI is InChI=1S/C12H19N.C2H6/c1-4-11-6-5-10(2)12(9-11)7-8-13-3;1-2/h5-6,9,13H,4,7-8H2,1-3H3;1-2H3. The van der Waals surface area contributed by atoms with Gasteiger partial charge in [-0.3, -0.25) is 0 Å². The highest BCUT2D eigenvalue weighted by molar-refractivity contribution is 5.31. The normalized spacial score (nSPS) is 9.40. The van der Waals surface area contributed by atoms with Crippen LogP contribution < -0.4 is 5.32 Å². The van der Waals surface area contributed by atoms with Gasteiger partial charge in [0.15, 0.2) is 0 Å². The third-order valence-electron chi connectivity index (χ3n) is 2.47. The number of likely N-dealkylation sites (N-methyl/N-ethyl adjacent to an activating group) is 1. The SMILES string of the molecule is CC.CCc1ccc(C)c(CCNC)c1. The molecule has 0 unspecified atom stereocenters. The molecular formula is C14H25N. The quantitative estimate of drug-likeness (QED) is 0.798. The first-order chi connectivity index (χ1) is 7.27. The largest absolute Gasteiger partial charge is 0.319 e. The van der Waals surface area contributed by atoms with Crippen molar-refractivity contribution in [2.24, 2.45) is 0 Å². The Balaban J connectivity index is 0.000000921. The lowest BCUT2D eigenvalue weighted by atomic mass is 10.0. The Hall–Kier alpha value is -0.820. The van der Waals surface area contributed by atoms with Gasteiger partial charge in [-0.05, 0) is 50.0 Å². The summed E-state index contributed by atoms with van der Waals surface area (Å²) in [5.41, 5.74) is 4.33. The molecule has 0 heterocycles. The number of hydrogen-bond acceptors (Lipinski definition) is 1. The Morgan fingerprint density at radius 2 is 1.87 bits per heavy atom. The van der Waals surface area contributed by atoms with Crippen molar-refractivity contribution in [2.75, 3.05) is 13.6 Å². The van der Waals surface area contributed by atoms with Gasteiger partial charge in [-0.25, -0.2) is 0 Å². The number of nitrogens with one attached hydrogen (secondary N) is 1. The van der Waals surface area contributed by atoms with Crippen molar-refractivity contribution >= 4 is 0 Å². The third-order valence-corrected chi connectivity index (χ3v) is 2.47. The Morgan fingerprint density at radius 1 is 1.20 bits per heavy atom. The Bertz CT molecular complexity index is 266. The lowest BCUT2D eigenvalue weighted by molar-refractivity contribution is 0.787. The molecule has 86 valence electrons. The van der Waals surface area contributed by atoms with Crippen molar-refractivity contribution in [1.82, 2.24) is 5.32 Å². The molecule has 1 aromatic carbocycles. The lowest BCUT2D eigenvalue weighted by Gasteiger charge is -2.07. The van der Waals surface area contributed by atoms with E-state index in [9.17, 15) is 0 Å². The summed E-state index contributed by atoms with van der Waals surface area (Å²) in [6.45, 7) is 9.45. The summed E-state index contributed by atoms with van der Waals surface area (Å²) in [6.07, 6.45) is 2.27. The molecule has 1 aromatic rings. The van der Waals surface area contributed by atoms with Crippen LogP contribution in [0, 0.1) is 6.92 Å². The van der Waals surface area contributed by atoms with Crippen molar-refractivity contribution in [3.05, 3.63) is 34.9 Å². The molecular weight excluding hydrogens is 182 g/mol. The van der Waals surface area contributed by atoms with Gasteiger partial charge in [0.2, 0.25) is 0 Å². The second kappa shape index (κ2) is 8.49. The smallest absolute Gasteiger partial charge is 0.00113 e. The summed E-state index contributed by atoms with van der Waals surface area (Å²) < 4.78 is 0. The van der Waals surface area contributed by atoms with E-state index in [1.54, 1.807) is 0 Å². The molecule has 1 nitrogen and oxygen atoms in total.